The van der Waals surface area contributed by atoms with Gasteiger partial charge in [0, 0.05) is 11.6 Å². The Morgan fingerprint density at radius 2 is 2.08 bits per heavy atom. The van der Waals surface area contributed by atoms with Crippen LogP contribution in [-0.2, 0) is 0 Å². The first-order valence-electron chi connectivity index (χ1n) is 8.89. The molecule has 1 atom stereocenters. The first kappa shape index (κ1) is 18.7. The second kappa shape index (κ2) is 6.58. The van der Waals surface area contributed by atoms with Crippen LogP contribution >= 0.6 is 11.6 Å². The SMILES string of the molecule is CCC(c1nc2cccc(Cl)c2c(=O)n1C1CC1)N(C(=O)O)C(C)(C)C. The molecule has 1 aromatic carbocycles. The molecule has 1 saturated carbocycles. The number of amides is 1. The molecule has 2 aromatic rings. The van der Waals surface area contributed by atoms with E-state index in [9.17, 15) is 14.7 Å². The number of hydrogen-bond donors (Lipinski definition) is 1. The van der Waals surface area contributed by atoms with E-state index in [0.29, 0.717) is 28.2 Å². The predicted molar refractivity (Wildman–Crippen MR) is 102 cm³/mol. The molecule has 1 aromatic heterocycles. The molecule has 0 radical (unpaired) electrons. The average molecular weight is 378 g/mol. The van der Waals surface area contributed by atoms with Gasteiger partial charge in [0.25, 0.3) is 5.56 Å². The molecule has 3 rings (SSSR count). The molecule has 1 aliphatic rings. The Morgan fingerprint density at radius 3 is 2.58 bits per heavy atom. The van der Waals surface area contributed by atoms with Crippen LogP contribution in [0.5, 0.6) is 0 Å². The van der Waals surface area contributed by atoms with Crippen LogP contribution in [0.2, 0.25) is 5.02 Å². The van der Waals surface area contributed by atoms with Gasteiger partial charge in [-0.2, -0.15) is 0 Å². The van der Waals surface area contributed by atoms with Crippen molar-refractivity contribution in [3.63, 3.8) is 0 Å². The summed E-state index contributed by atoms with van der Waals surface area (Å²) in [5.41, 5.74) is -0.301. The fraction of sp³-hybridized carbons (Fsp3) is 0.526. The van der Waals surface area contributed by atoms with Crippen LogP contribution in [0.4, 0.5) is 4.79 Å². The first-order chi connectivity index (χ1) is 12.2. The van der Waals surface area contributed by atoms with Gasteiger partial charge in [-0.25, -0.2) is 9.78 Å². The van der Waals surface area contributed by atoms with Gasteiger partial charge in [0.15, 0.2) is 0 Å². The summed E-state index contributed by atoms with van der Waals surface area (Å²) < 4.78 is 1.67. The Hall–Kier alpha value is -2.08. The quantitative estimate of drug-likeness (QED) is 0.843. The van der Waals surface area contributed by atoms with Crippen molar-refractivity contribution in [3.05, 3.63) is 39.4 Å². The molecular weight excluding hydrogens is 354 g/mol. The van der Waals surface area contributed by atoms with Gasteiger partial charge < -0.3 is 5.11 Å². The number of fused-ring (bicyclic) bond motifs is 1. The zero-order chi connectivity index (χ0) is 19.2. The van der Waals surface area contributed by atoms with Crippen molar-refractivity contribution in [1.82, 2.24) is 14.5 Å². The van der Waals surface area contributed by atoms with E-state index in [1.165, 1.54) is 4.90 Å². The second-order valence-electron chi connectivity index (χ2n) is 7.76. The zero-order valence-electron chi connectivity index (χ0n) is 15.5. The Labute approximate surface area is 157 Å². The minimum absolute atomic E-state index is 0.0651. The molecular formula is C19H24ClN3O3. The third-order valence-corrected chi connectivity index (χ3v) is 5.06. The van der Waals surface area contributed by atoms with Crippen molar-refractivity contribution in [2.75, 3.05) is 0 Å². The third kappa shape index (κ3) is 3.18. The van der Waals surface area contributed by atoms with E-state index in [-0.39, 0.29) is 11.6 Å². The molecule has 1 amide bonds. The largest absolute Gasteiger partial charge is 0.465 e. The normalized spacial score (nSPS) is 15.9. The molecule has 0 bridgehead atoms. The molecule has 0 spiro atoms. The number of halogens is 1. The molecule has 1 fully saturated rings. The lowest BCUT2D eigenvalue weighted by molar-refractivity contribution is 0.0637. The van der Waals surface area contributed by atoms with Gasteiger partial charge in [-0.05, 0) is 52.2 Å². The molecule has 6 nitrogen and oxygen atoms in total. The van der Waals surface area contributed by atoms with Crippen molar-refractivity contribution in [3.8, 4) is 0 Å². The number of benzene rings is 1. The smallest absolute Gasteiger partial charge is 0.408 e. The Bertz CT molecular complexity index is 913. The van der Waals surface area contributed by atoms with E-state index >= 15 is 0 Å². The summed E-state index contributed by atoms with van der Waals surface area (Å²) >= 11 is 6.25. The summed E-state index contributed by atoms with van der Waals surface area (Å²) in [6.07, 6.45) is 1.29. The van der Waals surface area contributed by atoms with E-state index in [2.05, 4.69) is 0 Å². The Morgan fingerprint density at radius 1 is 1.42 bits per heavy atom. The minimum Gasteiger partial charge on any atom is -0.465 e. The maximum absolute atomic E-state index is 13.2. The van der Waals surface area contributed by atoms with Gasteiger partial charge in [0.1, 0.15) is 5.82 Å². The van der Waals surface area contributed by atoms with Crippen LogP contribution in [0.1, 0.15) is 64.9 Å². The number of nitrogens with zero attached hydrogens (tertiary/aromatic N) is 3. The van der Waals surface area contributed by atoms with Crippen LogP contribution in [-0.4, -0.2) is 31.2 Å². The van der Waals surface area contributed by atoms with Crippen molar-refractivity contribution in [2.24, 2.45) is 0 Å². The third-order valence-electron chi connectivity index (χ3n) is 4.74. The lowest BCUT2D eigenvalue weighted by Gasteiger charge is -2.39. The topological polar surface area (TPSA) is 75.4 Å². The van der Waals surface area contributed by atoms with E-state index in [1.807, 2.05) is 27.7 Å². The lowest BCUT2D eigenvalue weighted by Crippen LogP contribution is -2.48. The molecule has 1 unspecified atom stereocenters. The van der Waals surface area contributed by atoms with Gasteiger partial charge >= 0.3 is 6.09 Å². The number of carboxylic acid groups (broad SMARTS) is 1. The van der Waals surface area contributed by atoms with Gasteiger partial charge in [0.05, 0.1) is 22.0 Å². The van der Waals surface area contributed by atoms with Crippen molar-refractivity contribution in [2.45, 2.75) is 64.6 Å². The van der Waals surface area contributed by atoms with E-state index in [4.69, 9.17) is 16.6 Å². The number of rotatable bonds is 4. The second-order valence-corrected chi connectivity index (χ2v) is 8.16. The highest BCUT2D eigenvalue weighted by atomic mass is 35.5. The van der Waals surface area contributed by atoms with Crippen molar-refractivity contribution >= 4 is 28.6 Å². The summed E-state index contributed by atoms with van der Waals surface area (Å²) in [5.74, 6) is 0.507. The molecule has 1 aliphatic carbocycles. The fourth-order valence-electron chi connectivity index (χ4n) is 3.51. The Balaban J connectivity index is 2.30. The highest BCUT2D eigenvalue weighted by molar-refractivity contribution is 6.35. The summed E-state index contributed by atoms with van der Waals surface area (Å²) in [6.45, 7) is 7.46. The summed E-state index contributed by atoms with van der Waals surface area (Å²) in [6, 6.07) is 4.74. The van der Waals surface area contributed by atoms with E-state index in [1.54, 1.807) is 22.8 Å². The highest BCUT2D eigenvalue weighted by Gasteiger charge is 2.38. The van der Waals surface area contributed by atoms with Gasteiger partial charge in [0.2, 0.25) is 0 Å². The molecule has 140 valence electrons. The van der Waals surface area contributed by atoms with Gasteiger partial charge in [-0.3, -0.25) is 14.3 Å². The summed E-state index contributed by atoms with van der Waals surface area (Å²) in [5, 5.41) is 10.6. The van der Waals surface area contributed by atoms with Gasteiger partial charge in [-0.1, -0.05) is 24.6 Å². The van der Waals surface area contributed by atoms with Gasteiger partial charge in [-0.15, -0.1) is 0 Å². The number of hydrogen-bond acceptors (Lipinski definition) is 3. The lowest BCUT2D eigenvalue weighted by atomic mass is 10.0. The summed E-state index contributed by atoms with van der Waals surface area (Å²) in [7, 11) is 0. The number of aromatic nitrogens is 2. The van der Waals surface area contributed by atoms with Crippen molar-refractivity contribution in [1.29, 1.82) is 0 Å². The maximum atomic E-state index is 13.2. The molecule has 0 saturated heterocycles. The highest BCUT2D eigenvalue weighted by Crippen LogP contribution is 2.39. The molecule has 0 aliphatic heterocycles. The molecule has 1 N–H and O–H groups in total. The van der Waals surface area contributed by atoms with E-state index < -0.39 is 17.7 Å². The van der Waals surface area contributed by atoms with E-state index in [0.717, 1.165) is 12.8 Å². The molecule has 7 heteroatoms. The average Bonchev–Trinajstić information content (AvgIpc) is 3.35. The van der Waals surface area contributed by atoms with Crippen molar-refractivity contribution < 1.29 is 9.90 Å². The van der Waals surface area contributed by atoms with Crippen LogP contribution in [0.25, 0.3) is 10.9 Å². The molecule has 1 heterocycles. The Kier molecular flexibility index (Phi) is 4.73. The monoisotopic (exact) mass is 377 g/mol. The van der Waals surface area contributed by atoms with Crippen LogP contribution in [0.3, 0.4) is 0 Å². The first-order valence-corrected chi connectivity index (χ1v) is 9.27. The minimum atomic E-state index is -1.02. The maximum Gasteiger partial charge on any atom is 0.408 e. The number of carbonyl (C=O) groups is 1. The van der Waals surface area contributed by atoms with Crippen LogP contribution < -0.4 is 5.56 Å². The van der Waals surface area contributed by atoms with Crippen LogP contribution in [0.15, 0.2) is 23.0 Å². The fourth-order valence-corrected chi connectivity index (χ4v) is 3.76. The van der Waals surface area contributed by atoms with Crippen LogP contribution in [0, 0.1) is 0 Å². The zero-order valence-corrected chi connectivity index (χ0v) is 16.2. The summed E-state index contributed by atoms with van der Waals surface area (Å²) in [4.78, 5) is 31.3. The predicted octanol–water partition coefficient (Wildman–Crippen LogP) is 4.61. The standard InChI is InChI=1S/C19H24ClN3O3/c1-5-14(23(18(25)26)19(2,3)4)16-21-13-8-6-7-12(20)15(13)17(24)22(16)11-9-10-11/h6-8,11,14H,5,9-10H2,1-4H3,(H,25,26). The molecule has 26 heavy (non-hydrogen) atoms.